The Labute approximate surface area is 163 Å². The van der Waals surface area contributed by atoms with E-state index in [9.17, 15) is 22.8 Å². The van der Waals surface area contributed by atoms with E-state index in [0.29, 0.717) is 22.9 Å². The molecule has 0 bridgehead atoms. The summed E-state index contributed by atoms with van der Waals surface area (Å²) in [5, 5.41) is 7.35. The molecule has 6 nitrogen and oxygen atoms in total. The van der Waals surface area contributed by atoms with Crippen LogP contribution in [0.2, 0.25) is 0 Å². The van der Waals surface area contributed by atoms with Crippen molar-refractivity contribution < 1.29 is 22.8 Å². The molecule has 3 N–H and O–H groups in total. The zero-order valence-corrected chi connectivity index (χ0v) is 15.2. The van der Waals surface area contributed by atoms with Crippen molar-refractivity contribution in [1.82, 2.24) is 15.1 Å². The van der Waals surface area contributed by atoms with Crippen molar-refractivity contribution in [3.8, 4) is 0 Å². The summed E-state index contributed by atoms with van der Waals surface area (Å²) in [6, 6.07) is 8.43. The Balaban J connectivity index is 1.68. The van der Waals surface area contributed by atoms with E-state index in [-0.39, 0.29) is 31.1 Å². The summed E-state index contributed by atoms with van der Waals surface area (Å²) in [5.41, 5.74) is 7.74. The molecule has 1 aromatic heterocycles. The number of aryl methyl sites for hydroxylation is 1. The summed E-state index contributed by atoms with van der Waals surface area (Å²) >= 11 is 0. The molecule has 1 aliphatic heterocycles. The zero-order valence-electron chi connectivity index (χ0n) is 15.2. The van der Waals surface area contributed by atoms with Gasteiger partial charge >= 0.3 is 6.18 Å². The maximum atomic E-state index is 12.8. The first-order valence-electron chi connectivity index (χ1n) is 8.96. The molecule has 0 radical (unpaired) electrons. The zero-order chi connectivity index (χ0) is 20.8. The predicted molar refractivity (Wildman–Crippen MR) is 98.6 cm³/mol. The lowest BCUT2D eigenvalue weighted by Gasteiger charge is -2.22. The van der Waals surface area contributed by atoms with Crippen molar-refractivity contribution in [3.05, 3.63) is 64.3 Å². The highest BCUT2D eigenvalue weighted by molar-refractivity contribution is 6.05. The van der Waals surface area contributed by atoms with Gasteiger partial charge in [0.05, 0.1) is 11.1 Å². The molecule has 0 atom stereocenters. The molecule has 0 spiro atoms. The van der Waals surface area contributed by atoms with Gasteiger partial charge in [-0.25, -0.2) is 0 Å². The van der Waals surface area contributed by atoms with Crippen LogP contribution in [0, 0.1) is 0 Å². The fourth-order valence-corrected chi connectivity index (χ4v) is 3.66. The summed E-state index contributed by atoms with van der Waals surface area (Å²) in [6.07, 6.45) is -3.64. The van der Waals surface area contributed by atoms with Gasteiger partial charge in [-0.2, -0.15) is 18.3 Å². The number of primary amides is 1. The van der Waals surface area contributed by atoms with E-state index < -0.39 is 17.6 Å². The first-order valence-corrected chi connectivity index (χ1v) is 8.96. The lowest BCUT2D eigenvalue weighted by Crippen LogP contribution is -2.28. The number of carbonyl (C=O) groups excluding carboxylic acids is 2. The van der Waals surface area contributed by atoms with Crippen LogP contribution in [0.4, 0.5) is 13.2 Å². The highest BCUT2D eigenvalue weighted by atomic mass is 19.4. The molecule has 0 unspecified atom stereocenters. The summed E-state index contributed by atoms with van der Waals surface area (Å²) in [6.45, 7) is 0.378. The second-order valence-corrected chi connectivity index (χ2v) is 7.01. The van der Waals surface area contributed by atoms with Crippen molar-refractivity contribution in [3.63, 3.8) is 0 Å². The van der Waals surface area contributed by atoms with Gasteiger partial charge in [-0.3, -0.25) is 14.7 Å². The van der Waals surface area contributed by atoms with Crippen molar-refractivity contribution in [2.75, 3.05) is 0 Å². The van der Waals surface area contributed by atoms with E-state index in [0.717, 1.165) is 23.3 Å². The van der Waals surface area contributed by atoms with E-state index in [4.69, 9.17) is 5.73 Å². The van der Waals surface area contributed by atoms with Crippen LogP contribution in [-0.2, 0) is 30.5 Å². The molecule has 150 valence electrons. The number of halogens is 3. The lowest BCUT2D eigenvalue weighted by molar-refractivity contribution is -0.137. The van der Waals surface area contributed by atoms with E-state index >= 15 is 0 Å². The number of hydrogen-bond acceptors (Lipinski definition) is 3. The molecule has 4 rings (SSSR count). The highest BCUT2D eigenvalue weighted by Crippen LogP contribution is 2.31. The second kappa shape index (κ2) is 6.91. The van der Waals surface area contributed by atoms with Gasteiger partial charge in [-0.05, 0) is 41.3 Å². The molecule has 9 heteroatoms. The molecular weight excluding hydrogens is 385 g/mol. The number of fused-ring (bicyclic) bond motifs is 3. The minimum absolute atomic E-state index is 0.112. The topological polar surface area (TPSA) is 92.1 Å². The Morgan fingerprint density at radius 3 is 2.52 bits per heavy atom. The third-order valence-corrected chi connectivity index (χ3v) is 5.13. The molecular formula is C20H17F3N4O2. The number of carbonyl (C=O) groups is 2. The normalized spacial score (nSPS) is 14.7. The first kappa shape index (κ1) is 19.0. The number of aromatic nitrogens is 2. The molecule has 2 amide bonds. The molecule has 0 aliphatic carbocycles. The minimum Gasteiger partial charge on any atom is -0.364 e. The highest BCUT2D eigenvalue weighted by Gasteiger charge is 2.30. The van der Waals surface area contributed by atoms with Crippen molar-refractivity contribution in [2.45, 2.75) is 32.1 Å². The van der Waals surface area contributed by atoms with E-state index in [2.05, 4.69) is 10.2 Å². The fraction of sp³-hybridized carbons (Fsp3) is 0.250. The average molecular weight is 402 g/mol. The largest absolute Gasteiger partial charge is 0.416 e. The van der Waals surface area contributed by atoms with Crippen LogP contribution in [0.25, 0.3) is 10.9 Å². The summed E-state index contributed by atoms with van der Waals surface area (Å²) < 4.78 is 38.3. The van der Waals surface area contributed by atoms with Crippen LogP contribution < -0.4 is 5.73 Å². The van der Waals surface area contributed by atoms with Crippen LogP contribution in [0.15, 0.2) is 36.4 Å². The van der Waals surface area contributed by atoms with Gasteiger partial charge < -0.3 is 10.6 Å². The Kier molecular flexibility index (Phi) is 4.52. The summed E-state index contributed by atoms with van der Waals surface area (Å²) in [4.78, 5) is 26.0. The van der Waals surface area contributed by atoms with Gasteiger partial charge in [0, 0.05) is 24.9 Å². The lowest BCUT2D eigenvalue weighted by atomic mass is 9.98. The summed E-state index contributed by atoms with van der Waals surface area (Å²) in [5.74, 6) is -0.784. The van der Waals surface area contributed by atoms with Crippen molar-refractivity contribution in [2.24, 2.45) is 5.73 Å². The van der Waals surface area contributed by atoms with Crippen LogP contribution in [0.3, 0.4) is 0 Å². The van der Waals surface area contributed by atoms with Crippen LogP contribution >= 0.6 is 0 Å². The number of nitrogens with zero attached hydrogens (tertiary/aromatic N) is 2. The predicted octanol–water partition coefficient (Wildman–Crippen LogP) is 3.16. The smallest absolute Gasteiger partial charge is 0.364 e. The van der Waals surface area contributed by atoms with E-state index in [1.165, 1.54) is 12.1 Å². The number of amides is 2. The van der Waals surface area contributed by atoms with E-state index in [1.54, 1.807) is 11.0 Å². The monoisotopic (exact) mass is 402 g/mol. The van der Waals surface area contributed by atoms with Gasteiger partial charge in [-0.15, -0.1) is 0 Å². The third-order valence-electron chi connectivity index (χ3n) is 5.13. The molecule has 3 aromatic rings. The molecule has 1 aliphatic rings. The molecule has 2 heterocycles. The maximum Gasteiger partial charge on any atom is 0.416 e. The van der Waals surface area contributed by atoms with E-state index in [1.807, 2.05) is 6.07 Å². The Hall–Kier alpha value is -3.36. The van der Waals surface area contributed by atoms with Gasteiger partial charge in [0.1, 0.15) is 0 Å². The Morgan fingerprint density at radius 2 is 1.86 bits per heavy atom. The number of aromatic amines is 1. The Morgan fingerprint density at radius 1 is 1.14 bits per heavy atom. The number of H-pyrrole nitrogens is 1. The summed E-state index contributed by atoms with van der Waals surface area (Å²) in [7, 11) is 0. The van der Waals surface area contributed by atoms with Gasteiger partial charge in [0.2, 0.25) is 5.91 Å². The standard InChI is InChI=1S/C20H17F3N4O2/c21-20(22,23)13-5-1-11(2-6-13)9-27-10-14-12(4-8-16(27)28)3-7-15-17(14)18(19(24)29)26-25-15/h1-3,5-7H,4,8-10H2,(H2,24,29)(H,25,26). The first-order chi connectivity index (χ1) is 13.7. The number of hydrogen-bond donors (Lipinski definition) is 2. The van der Waals surface area contributed by atoms with Crippen molar-refractivity contribution >= 4 is 22.7 Å². The quantitative estimate of drug-likeness (QED) is 0.705. The SMILES string of the molecule is NC(=O)c1n[nH]c2ccc3c(c12)CN(Cc1ccc(C(F)(F)F)cc1)C(=O)CC3. The van der Waals surface area contributed by atoms with Crippen LogP contribution in [0.1, 0.15) is 39.2 Å². The number of nitrogens with one attached hydrogen (secondary N) is 1. The molecule has 0 saturated heterocycles. The molecule has 0 saturated carbocycles. The van der Waals surface area contributed by atoms with Crippen LogP contribution in [0.5, 0.6) is 0 Å². The number of nitrogens with two attached hydrogens (primary N) is 1. The molecule has 29 heavy (non-hydrogen) atoms. The molecule has 0 fully saturated rings. The second-order valence-electron chi connectivity index (χ2n) is 7.01. The fourth-order valence-electron chi connectivity index (χ4n) is 3.66. The number of alkyl halides is 3. The number of benzene rings is 2. The maximum absolute atomic E-state index is 12.8. The van der Waals surface area contributed by atoms with Gasteiger partial charge in [0.15, 0.2) is 5.69 Å². The van der Waals surface area contributed by atoms with Crippen molar-refractivity contribution in [1.29, 1.82) is 0 Å². The van der Waals surface area contributed by atoms with Gasteiger partial charge in [-0.1, -0.05) is 18.2 Å². The Bertz CT molecular complexity index is 1100. The van der Waals surface area contributed by atoms with Gasteiger partial charge in [0.25, 0.3) is 5.91 Å². The minimum atomic E-state index is -4.41. The van der Waals surface area contributed by atoms with Crippen LogP contribution in [-0.4, -0.2) is 26.9 Å². The average Bonchev–Trinajstić information content (AvgIpc) is 3.04. The number of rotatable bonds is 3. The third kappa shape index (κ3) is 3.55. The molecule has 2 aromatic carbocycles.